The van der Waals surface area contributed by atoms with Crippen molar-refractivity contribution in [3.05, 3.63) is 88.6 Å². The zero-order valence-corrected chi connectivity index (χ0v) is 14.9. The van der Waals surface area contributed by atoms with E-state index in [2.05, 4.69) is 10.5 Å². The molecular weight excluding hydrogens is 354 g/mol. The minimum atomic E-state index is -0.324. The highest BCUT2D eigenvalue weighted by Crippen LogP contribution is 2.19. The minimum absolute atomic E-state index is 0.0126. The molecule has 3 aromatic carbocycles. The molecule has 0 radical (unpaired) electrons. The second kappa shape index (κ2) is 7.36. The summed E-state index contributed by atoms with van der Waals surface area (Å²) < 4.78 is 1.81. The number of fused-ring (bicyclic) bond motifs is 2. The Labute approximate surface area is 160 Å². The number of hydrazone groups is 1. The Morgan fingerprint density at radius 3 is 2.25 bits per heavy atom. The second-order valence-corrected chi connectivity index (χ2v) is 6.34. The SMILES string of the molecule is O=C(Cn1c2ccccc2c(=O)c2ccccc21)N/N=C\c1cccc(O)c1. The standard InChI is InChI=1S/C22H17N3O3/c26-16-7-5-6-15(12-16)13-23-24-21(27)14-25-19-10-3-1-8-17(19)22(28)18-9-2-4-11-20(18)25/h1-13,26H,14H2,(H,24,27)/b23-13-. The van der Waals surface area contributed by atoms with E-state index in [1.54, 1.807) is 36.4 Å². The number of amides is 1. The Morgan fingerprint density at radius 2 is 1.61 bits per heavy atom. The van der Waals surface area contributed by atoms with Crippen LogP contribution in [0.4, 0.5) is 0 Å². The van der Waals surface area contributed by atoms with Crippen LogP contribution in [0.5, 0.6) is 5.75 Å². The number of rotatable bonds is 4. The molecule has 0 saturated heterocycles. The van der Waals surface area contributed by atoms with Gasteiger partial charge in [0.05, 0.1) is 17.2 Å². The summed E-state index contributed by atoms with van der Waals surface area (Å²) in [6.45, 7) is 0.0126. The average Bonchev–Trinajstić information content (AvgIpc) is 2.71. The Morgan fingerprint density at radius 1 is 0.964 bits per heavy atom. The number of phenols is 1. The molecule has 0 aliphatic heterocycles. The van der Waals surface area contributed by atoms with E-state index in [1.165, 1.54) is 6.21 Å². The molecule has 1 aromatic heterocycles. The van der Waals surface area contributed by atoms with Crippen LogP contribution in [0.1, 0.15) is 5.56 Å². The van der Waals surface area contributed by atoms with E-state index in [-0.39, 0.29) is 23.6 Å². The molecule has 6 heteroatoms. The first-order chi connectivity index (χ1) is 13.6. The Kier molecular flexibility index (Phi) is 4.60. The normalized spacial score (nSPS) is 11.3. The van der Waals surface area contributed by atoms with E-state index >= 15 is 0 Å². The predicted molar refractivity (Wildman–Crippen MR) is 110 cm³/mol. The fourth-order valence-electron chi connectivity index (χ4n) is 3.21. The Bertz CT molecular complexity index is 1210. The van der Waals surface area contributed by atoms with Crippen LogP contribution < -0.4 is 10.9 Å². The number of aromatic nitrogens is 1. The fourth-order valence-corrected chi connectivity index (χ4v) is 3.21. The van der Waals surface area contributed by atoms with Crippen LogP contribution in [0.15, 0.2) is 82.7 Å². The molecule has 0 aliphatic carbocycles. The van der Waals surface area contributed by atoms with Crippen molar-refractivity contribution in [1.82, 2.24) is 9.99 Å². The number of hydrogen-bond acceptors (Lipinski definition) is 4. The summed E-state index contributed by atoms with van der Waals surface area (Å²) in [5.74, 6) is -0.197. The average molecular weight is 371 g/mol. The van der Waals surface area contributed by atoms with E-state index in [0.717, 1.165) is 0 Å². The van der Waals surface area contributed by atoms with Gasteiger partial charge in [0.1, 0.15) is 12.3 Å². The number of aromatic hydroxyl groups is 1. The van der Waals surface area contributed by atoms with Gasteiger partial charge in [-0.25, -0.2) is 5.43 Å². The van der Waals surface area contributed by atoms with Crippen molar-refractivity contribution in [2.45, 2.75) is 6.54 Å². The molecule has 138 valence electrons. The van der Waals surface area contributed by atoms with Crippen LogP contribution in [-0.2, 0) is 11.3 Å². The maximum Gasteiger partial charge on any atom is 0.260 e. The number of phenolic OH excluding ortho intramolecular Hbond substituents is 1. The van der Waals surface area contributed by atoms with Crippen molar-refractivity contribution in [1.29, 1.82) is 0 Å². The highest BCUT2D eigenvalue weighted by molar-refractivity contribution is 5.95. The van der Waals surface area contributed by atoms with E-state index in [9.17, 15) is 14.7 Å². The molecule has 0 aliphatic rings. The molecule has 0 unspecified atom stereocenters. The molecule has 6 nitrogen and oxygen atoms in total. The van der Waals surface area contributed by atoms with Crippen LogP contribution >= 0.6 is 0 Å². The van der Waals surface area contributed by atoms with Gasteiger partial charge in [-0.05, 0) is 42.0 Å². The van der Waals surface area contributed by atoms with Gasteiger partial charge in [0.2, 0.25) is 0 Å². The van der Waals surface area contributed by atoms with Gasteiger partial charge in [-0.2, -0.15) is 5.10 Å². The maximum atomic E-state index is 12.7. The number of pyridine rings is 1. The van der Waals surface area contributed by atoms with Crippen LogP contribution in [-0.4, -0.2) is 21.8 Å². The van der Waals surface area contributed by atoms with Gasteiger partial charge in [0, 0.05) is 10.8 Å². The molecule has 4 aromatic rings. The number of nitrogens with one attached hydrogen (secondary N) is 1. The van der Waals surface area contributed by atoms with Gasteiger partial charge in [0.15, 0.2) is 5.43 Å². The Hall–Kier alpha value is -3.93. The fraction of sp³-hybridized carbons (Fsp3) is 0.0455. The van der Waals surface area contributed by atoms with E-state index in [0.29, 0.717) is 27.4 Å². The number of benzene rings is 3. The zero-order chi connectivity index (χ0) is 19.5. The molecule has 0 spiro atoms. The summed E-state index contributed by atoms with van der Waals surface area (Å²) in [4.78, 5) is 25.2. The van der Waals surface area contributed by atoms with E-state index in [4.69, 9.17) is 0 Å². The largest absolute Gasteiger partial charge is 0.508 e. The van der Waals surface area contributed by atoms with Gasteiger partial charge in [-0.3, -0.25) is 9.59 Å². The Balaban J connectivity index is 1.66. The monoisotopic (exact) mass is 371 g/mol. The van der Waals surface area contributed by atoms with Gasteiger partial charge in [-0.15, -0.1) is 0 Å². The van der Waals surface area contributed by atoms with E-state index in [1.807, 2.05) is 41.0 Å². The second-order valence-electron chi connectivity index (χ2n) is 6.34. The molecule has 0 fully saturated rings. The van der Waals surface area contributed by atoms with Crippen LogP contribution in [0, 0.1) is 0 Å². The zero-order valence-electron chi connectivity index (χ0n) is 14.9. The molecular formula is C22H17N3O3. The van der Waals surface area contributed by atoms with Crippen LogP contribution in [0.25, 0.3) is 21.8 Å². The third-order valence-corrected chi connectivity index (χ3v) is 4.45. The van der Waals surface area contributed by atoms with Gasteiger partial charge >= 0.3 is 0 Å². The molecule has 1 amide bonds. The number of hydrogen-bond donors (Lipinski definition) is 2. The molecule has 0 saturated carbocycles. The van der Waals surface area contributed by atoms with Crippen LogP contribution in [0.2, 0.25) is 0 Å². The number of carbonyl (C=O) groups excluding carboxylic acids is 1. The quantitative estimate of drug-likeness (QED) is 0.329. The molecule has 0 bridgehead atoms. The predicted octanol–water partition coefficient (Wildman–Crippen LogP) is 3.01. The first kappa shape index (κ1) is 17.5. The molecule has 4 rings (SSSR count). The van der Waals surface area contributed by atoms with E-state index < -0.39 is 0 Å². The first-order valence-electron chi connectivity index (χ1n) is 8.75. The smallest absolute Gasteiger partial charge is 0.260 e. The molecule has 0 atom stereocenters. The molecule has 1 heterocycles. The van der Waals surface area contributed by atoms with Crippen molar-refractivity contribution in [3.63, 3.8) is 0 Å². The lowest BCUT2D eigenvalue weighted by Crippen LogP contribution is -2.25. The highest BCUT2D eigenvalue weighted by Gasteiger charge is 2.12. The number of nitrogens with zero attached hydrogens (tertiary/aromatic N) is 2. The lowest BCUT2D eigenvalue weighted by Gasteiger charge is -2.14. The van der Waals surface area contributed by atoms with Gasteiger partial charge in [-0.1, -0.05) is 36.4 Å². The van der Waals surface area contributed by atoms with Crippen LogP contribution in [0.3, 0.4) is 0 Å². The van der Waals surface area contributed by atoms with Crippen molar-refractivity contribution >= 4 is 33.9 Å². The summed E-state index contributed by atoms with van der Waals surface area (Å²) in [5.41, 5.74) is 4.49. The maximum absolute atomic E-state index is 12.7. The summed E-state index contributed by atoms with van der Waals surface area (Å²) in [6, 6.07) is 21.0. The number of para-hydroxylation sites is 2. The van der Waals surface area contributed by atoms with Gasteiger partial charge < -0.3 is 9.67 Å². The minimum Gasteiger partial charge on any atom is -0.508 e. The summed E-state index contributed by atoms with van der Waals surface area (Å²) >= 11 is 0. The summed E-state index contributed by atoms with van der Waals surface area (Å²) in [5, 5.41) is 14.5. The van der Waals surface area contributed by atoms with Crippen molar-refractivity contribution in [2.75, 3.05) is 0 Å². The number of carbonyl (C=O) groups is 1. The lowest BCUT2D eigenvalue weighted by atomic mass is 10.1. The third-order valence-electron chi connectivity index (χ3n) is 4.45. The first-order valence-corrected chi connectivity index (χ1v) is 8.75. The molecule has 2 N–H and O–H groups in total. The summed E-state index contributed by atoms with van der Waals surface area (Å²) in [7, 11) is 0. The molecule has 28 heavy (non-hydrogen) atoms. The van der Waals surface area contributed by atoms with Crippen molar-refractivity contribution in [3.8, 4) is 5.75 Å². The third kappa shape index (κ3) is 3.35. The van der Waals surface area contributed by atoms with Gasteiger partial charge in [0.25, 0.3) is 5.91 Å². The topological polar surface area (TPSA) is 83.7 Å². The van der Waals surface area contributed by atoms with Crippen molar-refractivity contribution < 1.29 is 9.90 Å². The lowest BCUT2D eigenvalue weighted by molar-refractivity contribution is -0.121. The highest BCUT2D eigenvalue weighted by atomic mass is 16.3. The van der Waals surface area contributed by atoms with Crippen molar-refractivity contribution in [2.24, 2.45) is 5.10 Å². The summed E-state index contributed by atoms with van der Waals surface area (Å²) in [6.07, 6.45) is 1.46.